The number of nitrogens with two attached hydrogens (primary N) is 2. The van der Waals surface area contributed by atoms with E-state index in [1.807, 2.05) is 0 Å². The van der Waals surface area contributed by atoms with Gasteiger partial charge < -0.3 is 11.5 Å². The third-order valence-corrected chi connectivity index (χ3v) is 1.19. The largest absolute Gasteiger partial charge is 0.405 e. The average Bonchev–Trinajstić information content (AvgIpc) is 1.69. The van der Waals surface area contributed by atoms with E-state index in [2.05, 4.69) is 13.8 Å². The van der Waals surface area contributed by atoms with E-state index in [0.717, 1.165) is 5.57 Å². The van der Waals surface area contributed by atoms with Gasteiger partial charge in [-0.2, -0.15) is 0 Å². The lowest BCUT2D eigenvalue weighted by Crippen LogP contribution is -2.09. The molecule has 2 nitrogen and oxygen atoms in total. The zero-order valence-corrected chi connectivity index (χ0v) is 5.52. The fourth-order valence-electron chi connectivity index (χ4n) is 0.496. The average molecular weight is 114 g/mol. The molecular formula is C6H14N2. The maximum Gasteiger partial charge on any atom is 0.0156 e. The van der Waals surface area contributed by atoms with E-state index in [1.165, 1.54) is 0 Å². The molecule has 0 bridgehead atoms. The Labute approximate surface area is 50.6 Å². The molecule has 8 heavy (non-hydrogen) atoms. The van der Waals surface area contributed by atoms with E-state index < -0.39 is 0 Å². The Balaban J connectivity index is 3.72. The molecule has 0 aliphatic rings. The van der Waals surface area contributed by atoms with Crippen molar-refractivity contribution in [3.63, 3.8) is 0 Å². The fraction of sp³-hybridized carbons (Fsp3) is 0.667. The molecule has 0 aromatic heterocycles. The van der Waals surface area contributed by atoms with Gasteiger partial charge in [-0.3, -0.25) is 0 Å². The molecule has 0 aromatic carbocycles. The van der Waals surface area contributed by atoms with E-state index in [-0.39, 0.29) is 0 Å². The molecule has 0 spiro atoms. The van der Waals surface area contributed by atoms with Crippen LogP contribution in [0.5, 0.6) is 0 Å². The summed E-state index contributed by atoms with van der Waals surface area (Å²) in [6.07, 6.45) is 1.59. The second kappa shape index (κ2) is 3.50. The molecule has 0 amide bonds. The van der Waals surface area contributed by atoms with Crippen LogP contribution in [0.15, 0.2) is 11.8 Å². The zero-order chi connectivity index (χ0) is 6.57. The monoisotopic (exact) mass is 114 g/mol. The van der Waals surface area contributed by atoms with Gasteiger partial charge in [0.2, 0.25) is 0 Å². The van der Waals surface area contributed by atoms with Crippen LogP contribution < -0.4 is 11.5 Å². The molecule has 0 saturated heterocycles. The molecule has 48 valence electrons. The Hall–Kier alpha value is -0.500. The highest BCUT2D eigenvalue weighted by atomic mass is 14.6. The smallest absolute Gasteiger partial charge is 0.0156 e. The number of hydrogen-bond donors (Lipinski definition) is 2. The van der Waals surface area contributed by atoms with Crippen LogP contribution in [0.1, 0.15) is 13.8 Å². The Morgan fingerprint density at radius 3 is 2.12 bits per heavy atom. The second-order valence-corrected chi connectivity index (χ2v) is 2.10. The van der Waals surface area contributed by atoms with Crippen LogP contribution in [-0.4, -0.2) is 6.54 Å². The quantitative estimate of drug-likeness (QED) is 0.547. The predicted molar refractivity (Wildman–Crippen MR) is 36.2 cm³/mol. The van der Waals surface area contributed by atoms with Crippen LogP contribution in [0.2, 0.25) is 0 Å². The molecule has 0 fully saturated rings. The molecule has 0 aromatic rings. The molecule has 4 N–H and O–H groups in total. The first kappa shape index (κ1) is 7.50. The Kier molecular flexibility index (Phi) is 3.28. The van der Waals surface area contributed by atoms with Crippen LogP contribution in [0, 0.1) is 5.92 Å². The van der Waals surface area contributed by atoms with E-state index >= 15 is 0 Å². The van der Waals surface area contributed by atoms with Crippen LogP contribution in [0.3, 0.4) is 0 Å². The lowest BCUT2D eigenvalue weighted by Gasteiger charge is -2.05. The van der Waals surface area contributed by atoms with Crippen molar-refractivity contribution in [2.45, 2.75) is 13.8 Å². The Bertz CT molecular complexity index is 84.5. The van der Waals surface area contributed by atoms with Crippen molar-refractivity contribution in [1.29, 1.82) is 0 Å². The summed E-state index contributed by atoms with van der Waals surface area (Å²) in [5.74, 6) is 0.491. The van der Waals surface area contributed by atoms with Crippen molar-refractivity contribution >= 4 is 0 Å². The highest BCUT2D eigenvalue weighted by Crippen LogP contribution is 2.03. The first-order valence-corrected chi connectivity index (χ1v) is 2.83. The molecule has 2 heteroatoms. The summed E-state index contributed by atoms with van der Waals surface area (Å²) in [6, 6.07) is 0. The van der Waals surface area contributed by atoms with Crippen molar-refractivity contribution in [3.05, 3.63) is 11.8 Å². The predicted octanol–water partition coefficient (Wildman–Crippen LogP) is 0.444. The molecule has 0 rings (SSSR count). The van der Waals surface area contributed by atoms with Crippen LogP contribution >= 0.6 is 0 Å². The van der Waals surface area contributed by atoms with Gasteiger partial charge in [0.05, 0.1) is 0 Å². The molecular weight excluding hydrogens is 100 g/mol. The van der Waals surface area contributed by atoms with Gasteiger partial charge in [0.25, 0.3) is 0 Å². The number of rotatable bonds is 2. The first-order valence-electron chi connectivity index (χ1n) is 2.83. The van der Waals surface area contributed by atoms with Gasteiger partial charge in [0, 0.05) is 6.54 Å². The van der Waals surface area contributed by atoms with E-state index in [0.29, 0.717) is 12.5 Å². The zero-order valence-electron chi connectivity index (χ0n) is 5.52. The van der Waals surface area contributed by atoms with Crippen LogP contribution in [0.25, 0.3) is 0 Å². The van der Waals surface area contributed by atoms with Crippen molar-refractivity contribution in [1.82, 2.24) is 0 Å². The van der Waals surface area contributed by atoms with Crippen molar-refractivity contribution < 1.29 is 0 Å². The van der Waals surface area contributed by atoms with Crippen LogP contribution in [0.4, 0.5) is 0 Å². The lowest BCUT2D eigenvalue weighted by molar-refractivity contribution is 0.742. The third-order valence-electron chi connectivity index (χ3n) is 1.19. The molecule has 0 radical (unpaired) electrons. The highest BCUT2D eigenvalue weighted by Gasteiger charge is 1.96. The minimum absolute atomic E-state index is 0.491. The maximum absolute atomic E-state index is 5.34. The fourth-order valence-corrected chi connectivity index (χ4v) is 0.496. The topological polar surface area (TPSA) is 52.0 Å². The normalized spacial score (nSPS) is 12.8. The molecule has 0 aliphatic carbocycles. The summed E-state index contributed by atoms with van der Waals surface area (Å²) in [4.78, 5) is 0. The minimum Gasteiger partial charge on any atom is -0.405 e. The minimum atomic E-state index is 0.491. The van der Waals surface area contributed by atoms with Gasteiger partial charge in [-0.1, -0.05) is 13.8 Å². The number of hydrogen-bond acceptors (Lipinski definition) is 2. The third kappa shape index (κ3) is 1.98. The molecule has 0 saturated carbocycles. The lowest BCUT2D eigenvalue weighted by atomic mass is 10.1. The summed E-state index contributed by atoms with van der Waals surface area (Å²) >= 11 is 0. The van der Waals surface area contributed by atoms with E-state index in [1.54, 1.807) is 6.20 Å². The van der Waals surface area contributed by atoms with Crippen molar-refractivity contribution in [3.8, 4) is 0 Å². The van der Waals surface area contributed by atoms with Crippen LogP contribution in [-0.2, 0) is 0 Å². The Morgan fingerprint density at radius 1 is 1.62 bits per heavy atom. The first-order chi connectivity index (χ1) is 3.72. The van der Waals surface area contributed by atoms with Crippen molar-refractivity contribution in [2.24, 2.45) is 17.4 Å². The summed E-state index contributed by atoms with van der Waals surface area (Å²) in [5.41, 5.74) is 11.7. The molecule has 0 aliphatic heterocycles. The SMILES string of the molecule is CC(C)/C(=C/N)CN. The Morgan fingerprint density at radius 2 is 2.12 bits per heavy atom. The summed E-state index contributed by atoms with van der Waals surface area (Å²) < 4.78 is 0. The van der Waals surface area contributed by atoms with Gasteiger partial charge in [-0.25, -0.2) is 0 Å². The molecule has 0 heterocycles. The molecule has 0 unspecified atom stereocenters. The maximum atomic E-state index is 5.34. The van der Waals surface area contributed by atoms with E-state index in [9.17, 15) is 0 Å². The second-order valence-electron chi connectivity index (χ2n) is 2.10. The van der Waals surface area contributed by atoms with Gasteiger partial charge in [0.15, 0.2) is 0 Å². The van der Waals surface area contributed by atoms with Gasteiger partial charge in [-0.15, -0.1) is 0 Å². The summed E-state index contributed by atoms with van der Waals surface area (Å²) in [5, 5.41) is 0. The van der Waals surface area contributed by atoms with Gasteiger partial charge in [-0.05, 0) is 17.7 Å². The molecule has 0 atom stereocenters. The van der Waals surface area contributed by atoms with Gasteiger partial charge in [0.1, 0.15) is 0 Å². The van der Waals surface area contributed by atoms with E-state index in [4.69, 9.17) is 11.5 Å². The standard InChI is InChI=1S/C6H14N2/c1-5(2)6(3-7)4-8/h3,5H,4,7-8H2,1-2H3/b6-3+. The van der Waals surface area contributed by atoms with Gasteiger partial charge >= 0.3 is 0 Å². The summed E-state index contributed by atoms with van der Waals surface area (Å²) in [6.45, 7) is 4.73. The van der Waals surface area contributed by atoms with Crippen molar-refractivity contribution in [2.75, 3.05) is 6.54 Å². The summed E-state index contributed by atoms with van der Waals surface area (Å²) in [7, 11) is 0. The highest BCUT2D eigenvalue weighted by molar-refractivity contribution is 5.03.